The van der Waals surface area contributed by atoms with Crippen molar-refractivity contribution in [3.05, 3.63) is 29.8 Å². The number of aromatic hydroxyl groups is 1. The third-order valence-electron chi connectivity index (χ3n) is 5.02. The maximum absolute atomic E-state index is 12.5. The highest BCUT2D eigenvalue weighted by molar-refractivity contribution is 7.91. The smallest absolute Gasteiger partial charge is 0.223 e. The van der Waals surface area contributed by atoms with E-state index in [-0.39, 0.29) is 41.2 Å². The fraction of sp³-hybridized carbons (Fsp3) is 0.611. The number of hydrogen-bond acceptors (Lipinski definition) is 5. The van der Waals surface area contributed by atoms with E-state index in [2.05, 4.69) is 4.90 Å². The Bertz CT molecular complexity index is 730. The molecule has 0 bridgehead atoms. The molecule has 2 fully saturated rings. The molecule has 0 aliphatic carbocycles. The summed E-state index contributed by atoms with van der Waals surface area (Å²) in [7, 11) is -3.13. The Morgan fingerprint density at radius 1 is 1.16 bits per heavy atom. The second kappa shape index (κ2) is 6.96. The number of amides is 1. The Morgan fingerprint density at radius 2 is 1.80 bits per heavy atom. The van der Waals surface area contributed by atoms with Crippen LogP contribution >= 0.6 is 0 Å². The van der Waals surface area contributed by atoms with Crippen molar-refractivity contribution in [1.29, 1.82) is 0 Å². The van der Waals surface area contributed by atoms with Gasteiger partial charge in [0.2, 0.25) is 5.91 Å². The minimum Gasteiger partial charge on any atom is -0.508 e. The quantitative estimate of drug-likeness (QED) is 0.868. The SMILES string of the molecule is CC(C)CC(=O)N1CCN(Cc2ccc(O)cc2)[C@H]2CS(=O)(=O)C[C@H]21. The first kappa shape index (κ1) is 18.2. The van der Waals surface area contributed by atoms with E-state index in [1.54, 1.807) is 17.0 Å². The Morgan fingerprint density at radius 3 is 2.44 bits per heavy atom. The highest BCUT2D eigenvalue weighted by atomic mass is 32.2. The maximum atomic E-state index is 12.5. The lowest BCUT2D eigenvalue weighted by atomic mass is 10.0. The van der Waals surface area contributed by atoms with E-state index in [1.165, 1.54) is 0 Å². The molecule has 2 atom stereocenters. The van der Waals surface area contributed by atoms with Crippen LogP contribution in [0.3, 0.4) is 0 Å². The van der Waals surface area contributed by atoms with Crippen molar-refractivity contribution in [1.82, 2.24) is 9.80 Å². The Hall–Kier alpha value is -1.60. The van der Waals surface area contributed by atoms with E-state index in [9.17, 15) is 18.3 Å². The van der Waals surface area contributed by atoms with Gasteiger partial charge in [0.15, 0.2) is 9.84 Å². The van der Waals surface area contributed by atoms with Gasteiger partial charge in [-0.25, -0.2) is 8.42 Å². The molecule has 2 saturated heterocycles. The van der Waals surface area contributed by atoms with Gasteiger partial charge >= 0.3 is 0 Å². The van der Waals surface area contributed by atoms with E-state index < -0.39 is 9.84 Å². The lowest BCUT2D eigenvalue weighted by Gasteiger charge is -2.44. The topological polar surface area (TPSA) is 77.9 Å². The van der Waals surface area contributed by atoms with Crippen LogP contribution in [0, 0.1) is 5.92 Å². The van der Waals surface area contributed by atoms with Crippen LogP contribution in [-0.4, -0.2) is 65.9 Å². The van der Waals surface area contributed by atoms with Crippen LogP contribution in [0.25, 0.3) is 0 Å². The molecule has 1 amide bonds. The average Bonchev–Trinajstić information content (AvgIpc) is 2.84. The van der Waals surface area contributed by atoms with Crippen molar-refractivity contribution in [3.8, 4) is 5.75 Å². The molecule has 2 aliphatic rings. The molecular weight excluding hydrogens is 340 g/mol. The van der Waals surface area contributed by atoms with Gasteiger partial charge in [-0.1, -0.05) is 26.0 Å². The predicted molar refractivity (Wildman–Crippen MR) is 95.9 cm³/mol. The van der Waals surface area contributed by atoms with E-state index in [0.717, 1.165) is 5.56 Å². The van der Waals surface area contributed by atoms with Gasteiger partial charge in [0.1, 0.15) is 5.75 Å². The minimum atomic E-state index is -3.13. The van der Waals surface area contributed by atoms with Gasteiger partial charge in [-0.3, -0.25) is 9.69 Å². The summed E-state index contributed by atoms with van der Waals surface area (Å²) in [5.41, 5.74) is 1.03. The predicted octanol–water partition coefficient (Wildman–Crippen LogP) is 1.25. The van der Waals surface area contributed by atoms with E-state index in [4.69, 9.17) is 0 Å². The first-order chi connectivity index (χ1) is 11.7. The number of benzene rings is 1. The Kier molecular flexibility index (Phi) is 5.06. The fourth-order valence-electron chi connectivity index (χ4n) is 3.83. The van der Waals surface area contributed by atoms with E-state index in [0.29, 0.717) is 26.1 Å². The van der Waals surface area contributed by atoms with Crippen molar-refractivity contribution in [3.63, 3.8) is 0 Å². The molecular formula is C18H26N2O4S. The van der Waals surface area contributed by atoms with Crippen LogP contribution in [-0.2, 0) is 21.2 Å². The summed E-state index contributed by atoms with van der Waals surface area (Å²) in [5, 5.41) is 9.41. The minimum absolute atomic E-state index is 0.0615. The number of hydrogen-bond donors (Lipinski definition) is 1. The number of fused-ring (bicyclic) bond motifs is 1. The number of nitrogens with zero attached hydrogens (tertiary/aromatic N) is 2. The standard InChI is InChI=1S/C18H26N2O4S/c1-13(2)9-18(22)20-8-7-19(10-14-3-5-15(21)6-4-14)16-11-25(23,24)12-17(16)20/h3-6,13,16-17,21H,7-12H2,1-2H3/t16-,17+/m0/s1. The largest absolute Gasteiger partial charge is 0.508 e. The molecule has 1 aromatic rings. The van der Waals surface area contributed by atoms with Crippen LogP contribution < -0.4 is 0 Å². The summed E-state index contributed by atoms with van der Waals surface area (Å²) in [4.78, 5) is 16.5. The first-order valence-electron chi connectivity index (χ1n) is 8.77. The van der Waals surface area contributed by atoms with Crippen molar-refractivity contribution >= 4 is 15.7 Å². The monoisotopic (exact) mass is 366 g/mol. The normalized spacial score (nSPS) is 26.0. The van der Waals surface area contributed by atoms with E-state index in [1.807, 2.05) is 26.0 Å². The second-order valence-corrected chi connectivity index (χ2v) is 9.69. The van der Waals surface area contributed by atoms with Gasteiger partial charge < -0.3 is 10.0 Å². The summed E-state index contributed by atoms with van der Waals surface area (Å²) < 4.78 is 24.5. The molecule has 0 radical (unpaired) electrons. The molecule has 0 unspecified atom stereocenters. The van der Waals surface area contributed by atoms with Crippen molar-refractivity contribution in [2.24, 2.45) is 5.92 Å². The number of phenolic OH excluding ortho intramolecular Hbond substituents is 1. The van der Waals surface area contributed by atoms with Gasteiger partial charge in [-0.2, -0.15) is 0 Å². The van der Waals surface area contributed by atoms with Crippen molar-refractivity contribution in [2.45, 2.75) is 38.9 Å². The highest BCUT2D eigenvalue weighted by Gasteiger charge is 2.47. The zero-order valence-electron chi connectivity index (χ0n) is 14.8. The zero-order valence-corrected chi connectivity index (χ0v) is 15.6. The molecule has 6 nitrogen and oxygen atoms in total. The van der Waals surface area contributed by atoms with Crippen LogP contribution in [0.2, 0.25) is 0 Å². The number of carbonyl (C=O) groups excluding carboxylic acids is 1. The first-order valence-corrected chi connectivity index (χ1v) is 10.6. The highest BCUT2D eigenvalue weighted by Crippen LogP contribution is 2.29. The molecule has 2 heterocycles. The number of sulfone groups is 1. The molecule has 0 saturated carbocycles. The lowest BCUT2D eigenvalue weighted by Crippen LogP contribution is -2.60. The molecule has 1 N–H and O–H groups in total. The second-order valence-electron chi connectivity index (χ2n) is 7.53. The molecule has 1 aromatic carbocycles. The molecule has 2 aliphatic heterocycles. The van der Waals surface area contributed by atoms with Gasteiger partial charge in [0.05, 0.1) is 17.5 Å². The number of rotatable bonds is 4. The van der Waals surface area contributed by atoms with Crippen LogP contribution in [0.1, 0.15) is 25.8 Å². The number of carbonyl (C=O) groups is 1. The third kappa shape index (κ3) is 4.15. The molecule has 7 heteroatoms. The van der Waals surface area contributed by atoms with Crippen molar-refractivity contribution in [2.75, 3.05) is 24.6 Å². The van der Waals surface area contributed by atoms with Crippen LogP contribution in [0.4, 0.5) is 0 Å². The fourth-order valence-corrected chi connectivity index (χ4v) is 5.84. The van der Waals surface area contributed by atoms with Gasteiger partial charge in [0.25, 0.3) is 0 Å². The Labute approximate surface area is 149 Å². The summed E-state index contributed by atoms with van der Waals surface area (Å²) in [5.74, 6) is 0.717. The van der Waals surface area contributed by atoms with Crippen LogP contribution in [0.15, 0.2) is 24.3 Å². The number of phenols is 1. The summed E-state index contributed by atoms with van der Waals surface area (Å²) in [6.45, 7) is 5.87. The summed E-state index contributed by atoms with van der Waals surface area (Å²) in [6, 6.07) is 6.58. The zero-order chi connectivity index (χ0) is 18.2. The van der Waals surface area contributed by atoms with Crippen LogP contribution in [0.5, 0.6) is 5.75 Å². The summed E-state index contributed by atoms with van der Waals surface area (Å²) >= 11 is 0. The maximum Gasteiger partial charge on any atom is 0.223 e. The van der Waals surface area contributed by atoms with Gasteiger partial charge in [-0.05, 0) is 23.6 Å². The molecule has 138 valence electrons. The Balaban J connectivity index is 1.78. The van der Waals surface area contributed by atoms with Gasteiger partial charge in [-0.15, -0.1) is 0 Å². The van der Waals surface area contributed by atoms with Crippen molar-refractivity contribution < 1.29 is 18.3 Å². The van der Waals surface area contributed by atoms with Gasteiger partial charge in [0, 0.05) is 32.1 Å². The molecule has 0 spiro atoms. The molecule has 0 aromatic heterocycles. The van der Waals surface area contributed by atoms with E-state index >= 15 is 0 Å². The lowest BCUT2D eigenvalue weighted by molar-refractivity contribution is -0.137. The summed E-state index contributed by atoms with van der Waals surface area (Å²) in [6.07, 6.45) is 0.460. The molecule has 3 rings (SSSR count). The molecule has 25 heavy (non-hydrogen) atoms. The third-order valence-corrected chi connectivity index (χ3v) is 6.72. The number of piperazine rings is 1. The average molecular weight is 366 g/mol.